The van der Waals surface area contributed by atoms with Crippen LogP contribution in [0.1, 0.15) is 46.0 Å². The Bertz CT molecular complexity index is 854. The molecule has 0 unspecified atom stereocenters. The first-order valence-corrected chi connectivity index (χ1v) is 9.43. The fraction of sp³-hybridized carbons (Fsp3) is 0.350. The summed E-state index contributed by atoms with van der Waals surface area (Å²) < 4.78 is 10.3. The Labute approximate surface area is 162 Å². The van der Waals surface area contributed by atoms with Gasteiger partial charge in [-0.05, 0) is 57.5 Å². The molecule has 2 rings (SSSR count). The summed E-state index contributed by atoms with van der Waals surface area (Å²) in [6, 6.07) is 7.31. The van der Waals surface area contributed by atoms with Gasteiger partial charge in [0, 0.05) is 16.2 Å². The Morgan fingerprint density at radius 1 is 1.15 bits per heavy atom. The molecule has 7 heteroatoms. The van der Waals surface area contributed by atoms with Crippen LogP contribution < -0.4 is 4.74 Å². The molecule has 1 heterocycles. The molecule has 1 aromatic carbocycles. The van der Waals surface area contributed by atoms with Crippen LogP contribution in [-0.2, 0) is 9.53 Å². The van der Waals surface area contributed by atoms with E-state index in [1.165, 1.54) is 25.6 Å². The molecule has 27 heavy (non-hydrogen) atoms. The van der Waals surface area contributed by atoms with Gasteiger partial charge in [-0.2, -0.15) is 0 Å². The quantitative estimate of drug-likeness (QED) is 0.420. The predicted octanol–water partition coefficient (Wildman–Crippen LogP) is 3.75. The van der Waals surface area contributed by atoms with E-state index < -0.39 is 12.1 Å². The molecule has 144 valence electrons. The lowest BCUT2D eigenvalue weighted by Gasteiger charge is -2.12. The fourth-order valence-electron chi connectivity index (χ4n) is 2.83. The largest absolute Gasteiger partial charge is 0.497 e. The lowest BCUT2D eigenvalue weighted by atomic mass is 10.0. The maximum absolute atomic E-state index is 12.6. The summed E-state index contributed by atoms with van der Waals surface area (Å²) >= 11 is 1.32. The van der Waals surface area contributed by atoms with Gasteiger partial charge in [0.1, 0.15) is 5.75 Å². The van der Waals surface area contributed by atoms with Crippen LogP contribution in [0.3, 0.4) is 0 Å². The minimum absolute atomic E-state index is 0.0887. The van der Waals surface area contributed by atoms with E-state index in [1.54, 1.807) is 21.0 Å². The lowest BCUT2D eigenvalue weighted by molar-refractivity contribution is -0.143. The Balaban J connectivity index is 1.96. The molecule has 0 aliphatic carbocycles. The first-order chi connectivity index (χ1) is 12.7. The maximum Gasteiger partial charge on any atom is 0.316 e. The molecule has 0 saturated heterocycles. The number of rotatable bonds is 8. The van der Waals surface area contributed by atoms with E-state index >= 15 is 0 Å². The van der Waals surface area contributed by atoms with Gasteiger partial charge in [0.25, 0.3) is 0 Å². The van der Waals surface area contributed by atoms with Crippen LogP contribution >= 0.6 is 11.8 Å². The van der Waals surface area contributed by atoms with Crippen LogP contribution in [0.5, 0.6) is 5.75 Å². The third kappa shape index (κ3) is 5.01. The highest BCUT2D eigenvalue weighted by atomic mass is 32.2. The van der Waals surface area contributed by atoms with Gasteiger partial charge in [0.05, 0.1) is 18.6 Å². The molecule has 0 fully saturated rings. The second-order valence-electron chi connectivity index (χ2n) is 6.14. The van der Waals surface area contributed by atoms with Gasteiger partial charge < -0.3 is 14.5 Å². The number of methoxy groups -OCH3 is 1. The van der Waals surface area contributed by atoms with Gasteiger partial charge in [0.2, 0.25) is 5.78 Å². The summed E-state index contributed by atoms with van der Waals surface area (Å²) in [5, 5.41) is 0. The van der Waals surface area contributed by atoms with Gasteiger partial charge in [0.15, 0.2) is 11.9 Å². The molecule has 1 atom stereocenters. The van der Waals surface area contributed by atoms with E-state index in [4.69, 9.17) is 9.47 Å². The lowest BCUT2D eigenvalue weighted by Crippen LogP contribution is -2.26. The van der Waals surface area contributed by atoms with Gasteiger partial charge in [-0.1, -0.05) is 0 Å². The fourth-order valence-corrected chi connectivity index (χ4v) is 3.51. The minimum Gasteiger partial charge on any atom is -0.497 e. The van der Waals surface area contributed by atoms with Crippen molar-refractivity contribution < 1.29 is 23.9 Å². The molecule has 1 aromatic heterocycles. The van der Waals surface area contributed by atoms with Crippen LogP contribution in [0, 0.1) is 13.8 Å². The Kier molecular flexibility index (Phi) is 6.85. The second kappa shape index (κ2) is 8.90. The summed E-state index contributed by atoms with van der Waals surface area (Å²) in [7, 11) is 1.59. The van der Waals surface area contributed by atoms with Crippen molar-refractivity contribution >= 4 is 29.3 Å². The standard InChI is InChI=1S/C20H23NO5S/c1-11-18(13(3)22)12(2)21-19(11)20(24)14(4)26-17(23)10-27-16-8-6-15(25-5)7-9-16/h6-9,14,21H,10H2,1-5H3/t14-/m0/s1. The van der Waals surface area contributed by atoms with E-state index in [2.05, 4.69) is 4.98 Å². The molecule has 2 aromatic rings. The van der Waals surface area contributed by atoms with Crippen LogP contribution in [0.25, 0.3) is 0 Å². The zero-order chi connectivity index (χ0) is 20.1. The zero-order valence-corrected chi connectivity index (χ0v) is 16.9. The summed E-state index contributed by atoms with van der Waals surface area (Å²) in [4.78, 5) is 40.2. The average Bonchev–Trinajstić information content (AvgIpc) is 2.94. The van der Waals surface area contributed by atoms with Gasteiger partial charge in [-0.3, -0.25) is 14.4 Å². The number of aromatic amines is 1. The molecule has 0 amide bonds. The smallest absolute Gasteiger partial charge is 0.316 e. The van der Waals surface area contributed by atoms with Gasteiger partial charge in [-0.15, -0.1) is 11.8 Å². The van der Waals surface area contributed by atoms with Crippen molar-refractivity contribution in [3.8, 4) is 5.75 Å². The minimum atomic E-state index is -0.939. The van der Waals surface area contributed by atoms with Crippen molar-refractivity contribution in [1.82, 2.24) is 4.98 Å². The molecule has 0 bridgehead atoms. The number of esters is 1. The van der Waals surface area contributed by atoms with Crippen molar-refractivity contribution in [3.05, 3.63) is 46.8 Å². The SMILES string of the molecule is COc1ccc(SCC(=O)O[C@@H](C)C(=O)c2[nH]c(C)c(C(C)=O)c2C)cc1. The van der Waals surface area contributed by atoms with Crippen molar-refractivity contribution in [2.24, 2.45) is 0 Å². The predicted molar refractivity (Wildman–Crippen MR) is 104 cm³/mol. The maximum atomic E-state index is 12.6. The number of nitrogens with one attached hydrogen (secondary N) is 1. The van der Waals surface area contributed by atoms with Crippen LogP contribution in [0.2, 0.25) is 0 Å². The van der Waals surface area contributed by atoms with Crippen molar-refractivity contribution in [1.29, 1.82) is 0 Å². The number of benzene rings is 1. The number of ether oxygens (including phenoxy) is 2. The van der Waals surface area contributed by atoms with Crippen LogP contribution in [0.4, 0.5) is 0 Å². The third-order valence-corrected chi connectivity index (χ3v) is 5.12. The van der Waals surface area contributed by atoms with Crippen LogP contribution in [0.15, 0.2) is 29.2 Å². The van der Waals surface area contributed by atoms with Gasteiger partial charge >= 0.3 is 5.97 Å². The highest BCUT2D eigenvalue weighted by Crippen LogP contribution is 2.23. The number of aryl methyl sites for hydroxylation is 1. The summed E-state index contributed by atoms with van der Waals surface area (Å²) in [5.74, 6) is -0.121. The summed E-state index contributed by atoms with van der Waals surface area (Å²) in [6.07, 6.45) is -0.939. The normalized spacial score (nSPS) is 11.7. The number of hydrogen-bond acceptors (Lipinski definition) is 6. The number of aromatic nitrogens is 1. The van der Waals surface area contributed by atoms with Crippen molar-refractivity contribution in [3.63, 3.8) is 0 Å². The Hall–Kier alpha value is -2.54. The second-order valence-corrected chi connectivity index (χ2v) is 7.19. The third-order valence-electron chi connectivity index (χ3n) is 4.13. The summed E-state index contributed by atoms with van der Waals surface area (Å²) in [6.45, 7) is 6.43. The van der Waals surface area contributed by atoms with E-state index in [-0.39, 0.29) is 17.3 Å². The highest BCUT2D eigenvalue weighted by molar-refractivity contribution is 8.00. The van der Waals surface area contributed by atoms with Crippen molar-refractivity contribution in [2.75, 3.05) is 12.9 Å². The highest BCUT2D eigenvalue weighted by Gasteiger charge is 2.25. The van der Waals surface area contributed by atoms with E-state index in [1.807, 2.05) is 24.3 Å². The molecule has 0 saturated carbocycles. The number of thioether (sulfide) groups is 1. The molecular weight excluding hydrogens is 366 g/mol. The molecule has 0 radical (unpaired) electrons. The first kappa shape index (κ1) is 20.8. The monoisotopic (exact) mass is 389 g/mol. The molecule has 6 nitrogen and oxygen atoms in total. The molecule has 1 N–H and O–H groups in total. The average molecular weight is 389 g/mol. The number of H-pyrrole nitrogens is 1. The number of carbonyl (C=O) groups is 3. The Morgan fingerprint density at radius 2 is 1.78 bits per heavy atom. The first-order valence-electron chi connectivity index (χ1n) is 8.45. The van der Waals surface area contributed by atoms with Crippen LogP contribution in [-0.4, -0.2) is 41.5 Å². The molecule has 0 aliphatic rings. The van der Waals surface area contributed by atoms with E-state index in [9.17, 15) is 14.4 Å². The number of ketones is 2. The number of hydrogen-bond donors (Lipinski definition) is 1. The zero-order valence-electron chi connectivity index (χ0n) is 16.0. The van der Waals surface area contributed by atoms with Crippen molar-refractivity contribution in [2.45, 2.75) is 38.7 Å². The number of carbonyl (C=O) groups excluding carboxylic acids is 3. The topological polar surface area (TPSA) is 85.5 Å². The summed E-state index contributed by atoms with van der Waals surface area (Å²) in [5.41, 5.74) is 2.03. The Morgan fingerprint density at radius 3 is 2.30 bits per heavy atom. The molecule has 0 spiro atoms. The van der Waals surface area contributed by atoms with E-state index in [0.717, 1.165) is 10.6 Å². The van der Waals surface area contributed by atoms with Gasteiger partial charge in [-0.25, -0.2) is 0 Å². The molecular formula is C20H23NO5S. The van der Waals surface area contributed by atoms with E-state index in [0.29, 0.717) is 22.5 Å². The number of Topliss-reactive ketones (excluding diaryl/α,β-unsaturated/α-hetero) is 2. The molecule has 0 aliphatic heterocycles.